The molecule has 3 nitrogen and oxygen atoms in total. The molecule has 1 aliphatic heterocycles. The summed E-state index contributed by atoms with van der Waals surface area (Å²) in [6.45, 7) is 8.92. The first kappa shape index (κ1) is 18.0. The van der Waals surface area contributed by atoms with E-state index in [0.29, 0.717) is 18.6 Å². The molecule has 2 fully saturated rings. The second kappa shape index (κ2) is 9.78. The Morgan fingerprint density at radius 3 is 2.75 bits per heavy atom. The quantitative estimate of drug-likeness (QED) is 0.606. The number of nitrogens with two attached hydrogens (primary N) is 1. The molecule has 0 aromatic rings. The van der Waals surface area contributed by atoms with Gasteiger partial charge in [-0.1, -0.05) is 18.9 Å². The molecule has 1 saturated carbocycles. The third-order valence-electron chi connectivity index (χ3n) is 4.65. The molecular weight excluding hydrogens is 272 g/mol. The molecular formula is C16H31ClN2O. The molecule has 2 aliphatic rings. The van der Waals surface area contributed by atoms with Crippen molar-refractivity contribution < 1.29 is 4.74 Å². The minimum Gasteiger partial charge on any atom is -0.377 e. The predicted octanol–water partition coefficient (Wildman–Crippen LogP) is 2.84. The fraction of sp³-hybridized carbons (Fsp3) is 0.875. The minimum atomic E-state index is 0. The topological polar surface area (TPSA) is 38.5 Å². The molecule has 4 heteroatoms. The smallest absolute Gasteiger partial charge is 0.0644 e. The largest absolute Gasteiger partial charge is 0.377 e. The molecule has 20 heavy (non-hydrogen) atoms. The lowest BCUT2D eigenvalue weighted by Crippen LogP contribution is -2.45. The van der Waals surface area contributed by atoms with Crippen LogP contribution in [0.5, 0.6) is 0 Å². The van der Waals surface area contributed by atoms with Gasteiger partial charge in [-0.3, -0.25) is 0 Å². The van der Waals surface area contributed by atoms with E-state index >= 15 is 0 Å². The molecule has 1 aliphatic carbocycles. The highest BCUT2D eigenvalue weighted by Gasteiger charge is 2.27. The monoisotopic (exact) mass is 302 g/mol. The summed E-state index contributed by atoms with van der Waals surface area (Å²) in [5.41, 5.74) is 6.27. The number of hydrogen-bond acceptors (Lipinski definition) is 3. The van der Waals surface area contributed by atoms with Gasteiger partial charge >= 0.3 is 0 Å². The zero-order valence-corrected chi connectivity index (χ0v) is 13.5. The fourth-order valence-corrected chi connectivity index (χ4v) is 3.57. The van der Waals surface area contributed by atoms with Crippen molar-refractivity contribution in [1.82, 2.24) is 4.90 Å². The van der Waals surface area contributed by atoms with Crippen molar-refractivity contribution in [2.45, 2.75) is 44.6 Å². The van der Waals surface area contributed by atoms with Crippen LogP contribution in [0.25, 0.3) is 0 Å². The summed E-state index contributed by atoms with van der Waals surface area (Å²) in [7, 11) is 0. The fourth-order valence-electron chi connectivity index (χ4n) is 3.57. The number of likely N-dealkylation sites (tertiary alicyclic amines) is 1. The summed E-state index contributed by atoms with van der Waals surface area (Å²) in [5, 5.41) is 0. The highest BCUT2D eigenvalue weighted by molar-refractivity contribution is 5.85. The highest BCUT2D eigenvalue weighted by Crippen LogP contribution is 2.26. The maximum atomic E-state index is 6.27. The number of halogens is 1. The van der Waals surface area contributed by atoms with Crippen LogP contribution < -0.4 is 5.73 Å². The Kier molecular flexibility index (Phi) is 8.78. The molecule has 1 saturated heterocycles. The summed E-state index contributed by atoms with van der Waals surface area (Å²) >= 11 is 0. The van der Waals surface area contributed by atoms with Crippen LogP contribution in [0.4, 0.5) is 0 Å². The van der Waals surface area contributed by atoms with Crippen LogP contribution in [0.1, 0.15) is 38.5 Å². The Bertz CT molecular complexity index is 275. The Balaban J connectivity index is 0.00000200. The van der Waals surface area contributed by atoms with Crippen molar-refractivity contribution >= 4 is 12.4 Å². The minimum absolute atomic E-state index is 0. The van der Waals surface area contributed by atoms with E-state index in [1.54, 1.807) is 0 Å². The van der Waals surface area contributed by atoms with Crippen molar-refractivity contribution in [3.05, 3.63) is 12.7 Å². The van der Waals surface area contributed by atoms with Gasteiger partial charge in [0, 0.05) is 19.1 Å². The molecule has 1 heterocycles. The molecule has 2 rings (SSSR count). The van der Waals surface area contributed by atoms with Crippen LogP contribution in [0.15, 0.2) is 12.7 Å². The third kappa shape index (κ3) is 5.72. The van der Waals surface area contributed by atoms with E-state index in [1.807, 2.05) is 6.08 Å². The zero-order chi connectivity index (χ0) is 13.5. The molecule has 0 aromatic heterocycles. The first-order chi connectivity index (χ1) is 9.29. The van der Waals surface area contributed by atoms with Gasteiger partial charge in [0.1, 0.15) is 0 Å². The van der Waals surface area contributed by atoms with E-state index in [9.17, 15) is 0 Å². The average molecular weight is 303 g/mol. The second-order valence-electron chi connectivity index (χ2n) is 6.30. The Morgan fingerprint density at radius 2 is 2.00 bits per heavy atom. The zero-order valence-electron chi connectivity index (χ0n) is 12.6. The van der Waals surface area contributed by atoms with Gasteiger partial charge in [-0.05, 0) is 44.1 Å². The molecule has 118 valence electrons. The lowest BCUT2D eigenvalue weighted by molar-refractivity contribution is 0.0633. The van der Waals surface area contributed by atoms with Gasteiger partial charge in [0.15, 0.2) is 0 Å². The second-order valence-corrected chi connectivity index (χ2v) is 6.30. The summed E-state index contributed by atoms with van der Waals surface area (Å²) in [6.07, 6.45) is 9.71. The molecule has 0 unspecified atom stereocenters. The van der Waals surface area contributed by atoms with Gasteiger partial charge in [0.2, 0.25) is 0 Å². The third-order valence-corrected chi connectivity index (χ3v) is 4.65. The van der Waals surface area contributed by atoms with Crippen molar-refractivity contribution in [3.63, 3.8) is 0 Å². The van der Waals surface area contributed by atoms with Crippen molar-refractivity contribution in [1.29, 1.82) is 0 Å². The first-order valence-electron chi connectivity index (χ1n) is 7.96. The number of nitrogens with zero attached hydrogens (tertiary/aromatic N) is 1. The molecule has 2 N–H and O–H groups in total. The molecule has 3 atom stereocenters. The highest BCUT2D eigenvalue weighted by atomic mass is 35.5. The Hall–Kier alpha value is -0.0900. The maximum absolute atomic E-state index is 6.27. The van der Waals surface area contributed by atoms with E-state index in [1.165, 1.54) is 58.2 Å². The molecule has 0 bridgehead atoms. The van der Waals surface area contributed by atoms with Crippen LogP contribution in [0, 0.1) is 11.8 Å². The summed E-state index contributed by atoms with van der Waals surface area (Å²) in [5.74, 6) is 1.43. The Labute approximate surface area is 130 Å². The van der Waals surface area contributed by atoms with Gasteiger partial charge in [0.25, 0.3) is 0 Å². The van der Waals surface area contributed by atoms with Gasteiger partial charge in [0.05, 0.1) is 13.2 Å². The molecule has 0 aromatic carbocycles. The number of hydrogen-bond donors (Lipinski definition) is 1. The number of piperidine rings is 1. The van der Waals surface area contributed by atoms with Crippen LogP contribution in [0.3, 0.4) is 0 Å². The average Bonchev–Trinajstić information content (AvgIpc) is 2.42. The van der Waals surface area contributed by atoms with E-state index in [4.69, 9.17) is 10.5 Å². The van der Waals surface area contributed by atoms with Crippen LogP contribution >= 0.6 is 12.4 Å². The van der Waals surface area contributed by atoms with E-state index < -0.39 is 0 Å². The van der Waals surface area contributed by atoms with Crippen molar-refractivity contribution in [3.8, 4) is 0 Å². The van der Waals surface area contributed by atoms with Crippen molar-refractivity contribution in [2.24, 2.45) is 17.6 Å². The molecule has 0 spiro atoms. The van der Waals surface area contributed by atoms with E-state index in [0.717, 1.165) is 12.5 Å². The first-order valence-corrected chi connectivity index (χ1v) is 7.96. The van der Waals surface area contributed by atoms with Gasteiger partial charge in [-0.25, -0.2) is 0 Å². The maximum Gasteiger partial charge on any atom is 0.0644 e. The van der Waals surface area contributed by atoms with Crippen LogP contribution in [-0.4, -0.2) is 43.8 Å². The summed E-state index contributed by atoms with van der Waals surface area (Å²) < 4.78 is 5.61. The molecule has 0 radical (unpaired) electrons. The number of rotatable bonds is 6. The predicted molar refractivity (Wildman–Crippen MR) is 87.4 cm³/mol. The lowest BCUT2D eigenvalue weighted by atomic mass is 9.84. The standard InChI is InChI=1S/C16H30N2O.ClH/c1-2-10-19-13-14-6-5-9-18(11-14)12-15-7-3-4-8-16(15)17;/h2,14-16H,1,3-13,17H2;1H/t14-,15+,16-;/m1./s1. The van der Waals surface area contributed by atoms with Crippen molar-refractivity contribution in [2.75, 3.05) is 32.8 Å². The van der Waals surface area contributed by atoms with E-state index in [2.05, 4.69) is 11.5 Å². The summed E-state index contributed by atoms with van der Waals surface area (Å²) in [4.78, 5) is 2.63. The Morgan fingerprint density at radius 1 is 1.20 bits per heavy atom. The van der Waals surface area contributed by atoms with E-state index in [-0.39, 0.29) is 12.4 Å². The summed E-state index contributed by atoms with van der Waals surface area (Å²) in [6, 6.07) is 0.436. The van der Waals surface area contributed by atoms with Gasteiger partial charge in [-0.15, -0.1) is 19.0 Å². The van der Waals surface area contributed by atoms with Gasteiger partial charge < -0.3 is 15.4 Å². The SMILES string of the molecule is C=CCOC[C@@H]1CCCN(C[C@@H]2CCCC[C@H]2N)C1.Cl. The van der Waals surface area contributed by atoms with Gasteiger partial charge in [-0.2, -0.15) is 0 Å². The molecule has 0 amide bonds. The lowest BCUT2D eigenvalue weighted by Gasteiger charge is -2.38. The van der Waals surface area contributed by atoms with Crippen LogP contribution in [-0.2, 0) is 4.74 Å². The normalized spacial score (nSPS) is 31.6. The number of ether oxygens (including phenoxy) is 1. The van der Waals surface area contributed by atoms with Crippen LogP contribution in [0.2, 0.25) is 0 Å².